The Morgan fingerprint density at radius 1 is 1.26 bits per heavy atom. The lowest BCUT2D eigenvalue weighted by molar-refractivity contribution is -0.143. The largest absolute Gasteiger partial charge is 0.465 e. The van der Waals surface area contributed by atoms with Crippen LogP contribution in [0.25, 0.3) is 10.9 Å². The first-order valence-corrected chi connectivity index (χ1v) is 9.28. The number of ether oxygens (including phenoxy) is 2. The maximum atomic E-state index is 12.2. The van der Waals surface area contributed by atoms with Crippen LogP contribution in [0, 0.1) is 6.92 Å². The van der Waals surface area contributed by atoms with Crippen LogP contribution in [0.15, 0.2) is 18.2 Å². The van der Waals surface area contributed by atoms with Gasteiger partial charge in [-0.3, -0.25) is 9.48 Å². The van der Waals surface area contributed by atoms with Crippen LogP contribution >= 0.6 is 0 Å². The quantitative estimate of drug-likeness (QED) is 0.769. The Morgan fingerprint density at radius 2 is 1.96 bits per heavy atom. The number of aryl methyl sites for hydroxylation is 1. The van der Waals surface area contributed by atoms with Crippen LogP contribution in [0.3, 0.4) is 0 Å². The van der Waals surface area contributed by atoms with E-state index in [0.717, 1.165) is 22.2 Å². The topological polar surface area (TPSA) is 73.7 Å². The molecule has 2 aromatic rings. The Balaban J connectivity index is 1.80. The number of carbonyl (C=O) groups excluding carboxylic acids is 2. The van der Waals surface area contributed by atoms with Gasteiger partial charge in [0, 0.05) is 24.4 Å². The lowest BCUT2D eigenvalue weighted by Gasteiger charge is -2.39. The number of carbonyl (C=O) groups is 2. The molecule has 7 heteroatoms. The third-order valence-electron chi connectivity index (χ3n) is 4.44. The molecule has 1 aliphatic heterocycles. The molecule has 0 saturated carbocycles. The van der Waals surface area contributed by atoms with E-state index in [2.05, 4.69) is 11.2 Å². The van der Waals surface area contributed by atoms with Gasteiger partial charge in [-0.1, -0.05) is 11.6 Å². The van der Waals surface area contributed by atoms with E-state index < -0.39 is 5.60 Å². The zero-order valence-corrected chi connectivity index (χ0v) is 16.6. The molecule has 0 radical (unpaired) electrons. The van der Waals surface area contributed by atoms with Crippen LogP contribution in [0.5, 0.6) is 0 Å². The molecule has 3 rings (SSSR count). The molecule has 1 aromatic heterocycles. The van der Waals surface area contributed by atoms with E-state index in [1.807, 2.05) is 39.8 Å². The van der Waals surface area contributed by atoms with Crippen molar-refractivity contribution in [3.8, 4) is 0 Å². The number of hydrogen-bond donors (Lipinski definition) is 0. The average molecular weight is 373 g/mol. The summed E-state index contributed by atoms with van der Waals surface area (Å²) in [5.74, 6) is -0.178. The summed E-state index contributed by atoms with van der Waals surface area (Å²) < 4.78 is 12.2. The van der Waals surface area contributed by atoms with E-state index in [1.165, 1.54) is 0 Å². The van der Waals surface area contributed by atoms with Gasteiger partial charge in [0.15, 0.2) is 0 Å². The summed E-state index contributed by atoms with van der Waals surface area (Å²) in [5.41, 5.74) is 2.44. The SMILES string of the molecule is CCOC(=O)Cn1nc(C2CN(C(=O)OC(C)(C)C)C2)c2cc(C)ccc21. The fraction of sp³-hybridized carbons (Fsp3) is 0.550. The summed E-state index contributed by atoms with van der Waals surface area (Å²) in [6, 6.07) is 6.06. The van der Waals surface area contributed by atoms with Gasteiger partial charge in [-0.25, -0.2) is 4.79 Å². The average Bonchev–Trinajstić information content (AvgIpc) is 2.82. The van der Waals surface area contributed by atoms with Gasteiger partial charge >= 0.3 is 12.1 Å². The summed E-state index contributed by atoms with van der Waals surface area (Å²) in [6.45, 7) is 10.9. The third-order valence-corrected chi connectivity index (χ3v) is 4.44. The van der Waals surface area contributed by atoms with E-state index in [0.29, 0.717) is 19.7 Å². The summed E-state index contributed by atoms with van der Waals surface area (Å²) in [7, 11) is 0. The van der Waals surface area contributed by atoms with Gasteiger partial charge in [-0.2, -0.15) is 5.10 Å². The van der Waals surface area contributed by atoms with Crippen LogP contribution < -0.4 is 0 Å². The van der Waals surface area contributed by atoms with Gasteiger partial charge in [0.2, 0.25) is 0 Å². The number of hydrogen-bond acceptors (Lipinski definition) is 5. The molecule has 27 heavy (non-hydrogen) atoms. The van der Waals surface area contributed by atoms with E-state index in [9.17, 15) is 9.59 Å². The van der Waals surface area contributed by atoms with Crippen molar-refractivity contribution >= 4 is 23.0 Å². The number of esters is 1. The highest BCUT2D eigenvalue weighted by Crippen LogP contribution is 2.33. The number of benzene rings is 1. The van der Waals surface area contributed by atoms with Crippen molar-refractivity contribution in [1.29, 1.82) is 0 Å². The maximum absolute atomic E-state index is 12.2. The van der Waals surface area contributed by atoms with Crippen LogP contribution in [-0.2, 0) is 20.8 Å². The number of rotatable bonds is 4. The number of aromatic nitrogens is 2. The van der Waals surface area contributed by atoms with E-state index in [4.69, 9.17) is 9.47 Å². The van der Waals surface area contributed by atoms with E-state index in [1.54, 1.807) is 16.5 Å². The van der Waals surface area contributed by atoms with Gasteiger partial charge in [-0.15, -0.1) is 0 Å². The molecular formula is C20H27N3O4. The molecule has 7 nitrogen and oxygen atoms in total. The van der Waals surface area contributed by atoms with Gasteiger partial charge in [-0.05, 0) is 46.8 Å². The van der Waals surface area contributed by atoms with Crippen molar-refractivity contribution in [2.45, 2.75) is 52.7 Å². The van der Waals surface area contributed by atoms with Crippen molar-refractivity contribution in [2.24, 2.45) is 0 Å². The number of nitrogens with zero attached hydrogens (tertiary/aromatic N) is 3. The molecule has 1 amide bonds. The predicted octanol–water partition coefficient (Wildman–Crippen LogP) is 3.24. The van der Waals surface area contributed by atoms with Crippen molar-refractivity contribution in [1.82, 2.24) is 14.7 Å². The van der Waals surface area contributed by atoms with Crippen molar-refractivity contribution in [3.05, 3.63) is 29.5 Å². The van der Waals surface area contributed by atoms with Crippen molar-refractivity contribution < 1.29 is 19.1 Å². The number of amides is 1. The summed E-state index contributed by atoms with van der Waals surface area (Å²) in [5, 5.41) is 5.70. The van der Waals surface area contributed by atoms with Crippen LogP contribution in [-0.4, -0.2) is 52.0 Å². The first-order valence-electron chi connectivity index (χ1n) is 9.28. The van der Waals surface area contributed by atoms with Crippen LogP contribution in [0.1, 0.15) is 44.9 Å². The first kappa shape index (κ1) is 19.2. The Bertz CT molecular complexity index is 860. The second-order valence-electron chi connectivity index (χ2n) is 7.95. The summed E-state index contributed by atoms with van der Waals surface area (Å²) in [4.78, 5) is 25.8. The molecule has 0 spiro atoms. The Hall–Kier alpha value is -2.57. The lowest BCUT2D eigenvalue weighted by Crippen LogP contribution is -2.50. The molecule has 1 aliphatic rings. The monoisotopic (exact) mass is 373 g/mol. The zero-order valence-electron chi connectivity index (χ0n) is 16.6. The Labute approximate surface area is 159 Å². The Kier molecular flexibility index (Phi) is 5.13. The van der Waals surface area contributed by atoms with Crippen molar-refractivity contribution in [2.75, 3.05) is 19.7 Å². The minimum atomic E-state index is -0.507. The highest BCUT2D eigenvalue weighted by atomic mass is 16.6. The van der Waals surface area contributed by atoms with Gasteiger partial charge < -0.3 is 14.4 Å². The molecule has 1 saturated heterocycles. The summed E-state index contributed by atoms with van der Waals surface area (Å²) >= 11 is 0. The standard InChI is InChI=1S/C20H27N3O4/c1-6-26-17(24)12-23-16-8-7-13(2)9-15(16)18(21-23)14-10-22(11-14)19(25)27-20(3,4)5/h7-9,14H,6,10-12H2,1-5H3. The van der Waals surface area contributed by atoms with E-state index in [-0.39, 0.29) is 24.5 Å². The van der Waals surface area contributed by atoms with Crippen molar-refractivity contribution in [3.63, 3.8) is 0 Å². The first-order chi connectivity index (χ1) is 12.7. The Morgan fingerprint density at radius 3 is 2.59 bits per heavy atom. The number of fused-ring (bicyclic) bond motifs is 1. The molecule has 0 atom stereocenters. The van der Waals surface area contributed by atoms with Crippen LogP contribution in [0.4, 0.5) is 4.79 Å². The van der Waals surface area contributed by atoms with E-state index >= 15 is 0 Å². The normalized spacial score (nSPS) is 14.9. The molecule has 0 unspecified atom stereocenters. The highest BCUT2D eigenvalue weighted by molar-refractivity contribution is 5.85. The molecular weight excluding hydrogens is 346 g/mol. The third kappa shape index (κ3) is 4.23. The summed E-state index contributed by atoms with van der Waals surface area (Å²) in [6.07, 6.45) is -0.301. The lowest BCUT2D eigenvalue weighted by atomic mass is 9.94. The van der Waals surface area contributed by atoms with Crippen LogP contribution in [0.2, 0.25) is 0 Å². The zero-order chi connectivity index (χ0) is 19.8. The molecule has 146 valence electrons. The minimum Gasteiger partial charge on any atom is -0.465 e. The second kappa shape index (κ2) is 7.21. The molecule has 1 aromatic carbocycles. The molecule has 0 bridgehead atoms. The predicted molar refractivity (Wildman–Crippen MR) is 102 cm³/mol. The van der Waals surface area contributed by atoms with Gasteiger partial charge in [0.05, 0.1) is 17.8 Å². The molecule has 0 N–H and O–H groups in total. The maximum Gasteiger partial charge on any atom is 0.410 e. The number of likely N-dealkylation sites (tertiary alicyclic amines) is 1. The van der Waals surface area contributed by atoms with Gasteiger partial charge in [0.1, 0.15) is 12.1 Å². The molecule has 1 fully saturated rings. The fourth-order valence-corrected chi connectivity index (χ4v) is 3.20. The molecule has 2 heterocycles. The highest BCUT2D eigenvalue weighted by Gasteiger charge is 2.37. The fourth-order valence-electron chi connectivity index (χ4n) is 3.20. The minimum absolute atomic E-state index is 0.0793. The smallest absolute Gasteiger partial charge is 0.410 e. The second-order valence-corrected chi connectivity index (χ2v) is 7.95. The van der Waals surface area contributed by atoms with Gasteiger partial charge in [0.25, 0.3) is 0 Å². The molecule has 0 aliphatic carbocycles.